The fourth-order valence-electron chi connectivity index (χ4n) is 3.29. The molecule has 34 heavy (non-hydrogen) atoms. The Balaban J connectivity index is 1.80. The molecule has 1 aromatic rings. The lowest BCUT2D eigenvalue weighted by atomic mass is 10.0. The van der Waals surface area contributed by atoms with Crippen LogP contribution >= 0.6 is 23.1 Å². The lowest BCUT2D eigenvalue weighted by Crippen LogP contribution is -2.71. The number of carbonyl (C=O) groups is 4. The first kappa shape index (κ1) is 25.6. The number of aromatic nitrogens is 1. The maximum Gasteiger partial charge on any atom is 0.355 e. The molecule has 2 aliphatic rings. The summed E-state index contributed by atoms with van der Waals surface area (Å²) in [5.74, 6) is -1.34. The number of thioether (sulfide) groups is 1. The third-order valence-electron chi connectivity index (χ3n) is 4.57. The van der Waals surface area contributed by atoms with Gasteiger partial charge in [-0.25, -0.2) is 9.78 Å². The van der Waals surface area contributed by atoms with E-state index >= 15 is 0 Å². The monoisotopic (exact) mass is 511 g/mol. The molecule has 12 nitrogen and oxygen atoms in total. The van der Waals surface area contributed by atoms with E-state index in [1.54, 1.807) is 20.8 Å². The van der Waals surface area contributed by atoms with Crippen molar-refractivity contribution in [2.24, 2.45) is 5.16 Å². The molecule has 1 unspecified atom stereocenters. The number of thiazole rings is 1. The van der Waals surface area contributed by atoms with Gasteiger partial charge in [0.2, 0.25) is 6.41 Å². The standard InChI is InChI=1S/C20H25N5O7S2/c1-20(2,3)32-18(29)14-10(6-30-4)7-33-17-13(16(28)25(14)17)23-15(27)12(24-31-5)11-8-34-19(22-11)21-9-26/h8-9,13,17H,6-7H2,1-5H3,(H,23,27)(H,21,22,26)/t13?,17-/m1/s1. The lowest BCUT2D eigenvalue weighted by Gasteiger charge is -2.49. The van der Waals surface area contributed by atoms with Gasteiger partial charge in [-0.2, -0.15) is 0 Å². The Kier molecular flexibility index (Phi) is 7.94. The van der Waals surface area contributed by atoms with Crippen LogP contribution in [0, 0.1) is 0 Å². The zero-order valence-electron chi connectivity index (χ0n) is 19.2. The van der Waals surface area contributed by atoms with Gasteiger partial charge in [-0.05, 0) is 26.3 Å². The average Bonchev–Trinajstić information content (AvgIpc) is 3.22. The third kappa shape index (κ3) is 5.39. The van der Waals surface area contributed by atoms with Crippen molar-refractivity contribution in [2.45, 2.75) is 37.8 Å². The first-order valence-electron chi connectivity index (χ1n) is 10.1. The van der Waals surface area contributed by atoms with Crippen molar-refractivity contribution >= 4 is 58.1 Å². The number of rotatable bonds is 9. The minimum Gasteiger partial charge on any atom is -0.455 e. The predicted molar refractivity (Wildman–Crippen MR) is 125 cm³/mol. The van der Waals surface area contributed by atoms with Crippen molar-refractivity contribution in [2.75, 3.05) is 31.9 Å². The van der Waals surface area contributed by atoms with Crippen LogP contribution in [-0.4, -0.2) is 83.4 Å². The Morgan fingerprint density at radius 2 is 2.09 bits per heavy atom. The minimum absolute atomic E-state index is 0.144. The highest BCUT2D eigenvalue weighted by molar-refractivity contribution is 8.00. The van der Waals surface area contributed by atoms with E-state index in [1.165, 1.54) is 36.3 Å². The first-order chi connectivity index (χ1) is 16.1. The molecule has 3 amide bonds. The first-order valence-corrected chi connectivity index (χ1v) is 12.0. The number of anilines is 1. The highest BCUT2D eigenvalue weighted by Crippen LogP contribution is 2.41. The fraction of sp³-hybridized carbons (Fsp3) is 0.500. The maximum absolute atomic E-state index is 13.0. The molecule has 2 N–H and O–H groups in total. The number of fused-ring (bicyclic) bond motifs is 1. The van der Waals surface area contributed by atoms with Crippen LogP contribution in [0.3, 0.4) is 0 Å². The SMILES string of the molecule is COCC1=C(C(=O)OC(C)(C)C)N2C(=O)C(NC(=O)C(=NOC)c3csc(NC=O)n3)[C@H]2SC1. The molecule has 1 fully saturated rings. The molecule has 0 bridgehead atoms. The van der Waals surface area contributed by atoms with Crippen LogP contribution in [0.15, 0.2) is 21.8 Å². The second-order valence-corrected chi connectivity index (χ2v) is 10.1. The summed E-state index contributed by atoms with van der Waals surface area (Å²) in [6.45, 7) is 5.38. The molecule has 1 aromatic heterocycles. The Bertz CT molecular complexity index is 1050. The van der Waals surface area contributed by atoms with Crippen LogP contribution in [0.2, 0.25) is 0 Å². The van der Waals surface area contributed by atoms with E-state index in [1.807, 2.05) is 0 Å². The number of nitrogens with one attached hydrogen (secondary N) is 2. The van der Waals surface area contributed by atoms with Crippen molar-refractivity contribution in [1.29, 1.82) is 0 Å². The van der Waals surface area contributed by atoms with Gasteiger partial charge in [0.05, 0.1) is 6.61 Å². The van der Waals surface area contributed by atoms with Crippen LogP contribution in [0.25, 0.3) is 0 Å². The van der Waals surface area contributed by atoms with Gasteiger partial charge >= 0.3 is 5.97 Å². The highest BCUT2D eigenvalue weighted by Gasteiger charge is 2.55. The van der Waals surface area contributed by atoms with Gasteiger partial charge in [0, 0.05) is 18.2 Å². The number of esters is 1. The van der Waals surface area contributed by atoms with Crippen LogP contribution in [0.1, 0.15) is 26.5 Å². The Labute approximate surface area is 204 Å². The molecule has 3 rings (SSSR count). The number of hydrogen-bond donors (Lipinski definition) is 2. The normalized spacial score (nSPS) is 20.3. The zero-order chi connectivity index (χ0) is 25.0. The molecule has 3 heterocycles. The average molecular weight is 512 g/mol. The molecule has 0 radical (unpaired) electrons. The highest BCUT2D eigenvalue weighted by atomic mass is 32.2. The third-order valence-corrected chi connectivity index (χ3v) is 6.68. The fourth-order valence-corrected chi connectivity index (χ4v) is 5.27. The number of amides is 3. The van der Waals surface area contributed by atoms with Crippen molar-refractivity contribution in [1.82, 2.24) is 15.2 Å². The summed E-state index contributed by atoms with van der Waals surface area (Å²) in [4.78, 5) is 59.7. The number of ether oxygens (including phenoxy) is 2. The summed E-state index contributed by atoms with van der Waals surface area (Å²) in [5.41, 5.74) is 0.0416. The lowest BCUT2D eigenvalue weighted by molar-refractivity contribution is -0.158. The van der Waals surface area contributed by atoms with Crippen LogP contribution in [0.5, 0.6) is 0 Å². The van der Waals surface area contributed by atoms with Crippen LogP contribution in [0.4, 0.5) is 5.13 Å². The summed E-state index contributed by atoms with van der Waals surface area (Å²) in [6.07, 6.45) is 0.464. The smallest absolute Gasteiger partial charge is 0.355 e. The van der Waals surface area contributed by atoms with Gasteiger partial charge in [0.15, 0.2) is 10.8 Å². The molecule has 2 aliphatic heterocycles. The Morgan fingerprint density at radius 3 is 2.71 bits per heavy atom. The van der Waals surface area contributed by atoms with Crippen molar-refractivity contribution in [3.05, 3.63) is 22.3 Å². The van der Waals surface area contributed by atoms with E-state index < -0.39 is 34.8 Å². The quantitative estimate of drug-likeness (QED) is 0.161. The van der Waals surface area contributed by atoms with Crippen LogP contribution in [-0.2, 0) is 33.5 Å². The number of hydrogen-bond acceptors (Lipinski definition) is 11. The number of β-lactam (4-membered cyclic amide) rings is 1. The Morgan fingerprint density at radius 1 is 1.35 bits per heavy atom. The van der Waals surface area contributed by atoms with Gasteiger partial charge in [-0.1, -0.05) is 5.16 Å². The van der Waals surface area contributed by atoms with Gasteiger partial charge < -0.3 is 24.9 Å². The van der Waals surface area contributed by atoms with Crippen molar-refractivity contribution in [3.63, 3.8) is 0 Å². The second kappa shape index (κ2) is 10.5. The summed E-state index contributed by atoms with van der Waals surface area (Å²) in [7, 11) is 2.77. The number of nitrogens with zero attached hydrogens (tertiary/aromatic N) is 3. The van der Waals surface area contributed by atoms with E-state index in [4.69, 9.17) is 14.3 Å². The summed E-state index contributed by atoms with van der Waals surface area (Å²) >= 11 is 2.49. The van der Waals surface area contributed by atoms with E-state index in [-0.39, 0.29) is 28.8 Å². The summed E-state index contributed by atoms with van der Waals surface area (Å²) in [6, 6.07) is -0.896. The summed E-state index contributed by atoms with van der Waals surface area (Å²) in [5, 5.41) is 10.1. The molecule has 14 heteroatoms. The molecular formula is C20H25N5O7S2. The summed E-state index contributed by atoms with van der Waals surface area (Å²) < 4.78 is 10.7. The molecule has 0 aromatic carbocycles. The molecule has 1 saturated heterocycles. The van der Waals surface area contributed by atoms with Crippen molar-refractivity contribution < 1.29 is 33.5 Å². The van der Waals surface area contributed by atoms with E-state index in [0.29, 0.717) is 17.7 Å². The molecule has 0 spiro atoms. The molecule has 0 aliphatic carbocycles. The molecule has 2 atom stereocenters. The number of methoxy groups -OCH3 is 1. The van der Waals surface area contributed by atoms with E-state index in [2.05, 4.69) is 20.8 Å². The predicted octanol–water partition coefficient (Wildman–Crippen LogP) is 0.704. The van der Waals surface area contributed by atoms with Gasteiger partial charge in [-0.3, -0.25) is 19.3 Å². The topological polar surface area (TPSA) is 149 Å². The maximum atomic E-state index is 13.0. The molecular weight excluding hydrogens is 486 g/mol. The Hall–Kier alpha value is -2.97. The molecule has 0 saturated carbocycles. The van der Waals surface area contributed by atoms with Crippen LogP contribution < -0.4 is 10.6 Å². The van der Waals surface area contributed by atoms with E-state index in [0.717, 1.165) is 11.3 Å². The zero-order valence-corrected chi connectivity index (χ0v) is 20.9. The minimum atomic E-state index is -0.896. The number of carbonyl (C=O) groups excluding carboxylic acids is 4. The van der Waals surface area contributed by atoms with Gasteiger partial charge in [-0.15, -0.1) is 23.1 Å². The number of oxime groups is 1. The largest absolute Gasteiger partial charge is 0.455 e. The van der Waals surface area contributed by atoms with Gasteiger partial charge in [0.1, 0.15) is 35.5 Å². The second-order valence-electron chi connectivity index (χ2n) is 8.17. The van der Waals surface area contributed by atoms with E-state index in [9.17, 15) is 19.2 Å². The van der Waals surface area contributed by atoms with Crippen molar-refractivity contribution in [3.8, 4) is 0 Å². The van der Waals surface area contributed by atoms with Gasteiger partial charge in [0.25, 0.3) is 11.8 Å². The molecule has 184 valence electrons.